The largest absolute Gasteiger partial charge is 0.478 e. The number of pyridine rings is 1. The van der Waals surface area contributed by atoms with Gasteiger partial charge in [0.1, 0.15) is 0 Å². The maximum atomic E-state index is 11.4. The van der Waals surface area contributed by atoms with Gasteiger partial charge in [-0.3, -0.25) is 0 Å². The molecule has 0 aliphatic carbocycles. The minimum Gasteiger partial charge on any atom is -0.478 e. The zero-order chi connectivity index (χ0) is 13.4. The fraction of sp³-hybridized carbons (Fsp3) is 0. The topological polar surface area (TPSA) is 63.3 Å². The van der Waals surface area contributed by atoms with E-state index in [1.165, 1.54) is 18.6 Å². The van der Waals surface area contributed by atoms with Crippen molar-refractivity contribution in [2.75, 3.05) is 0 Å². The quantitative estimate of drug-likeness (QED) is 0.770. The van der Waals surface area contributed by atoms with Crippen LogP contribution in [0.25, 0.3) is 22.2 Å². The molecule has 0 bridgehead atoms. The van der Waals surface area contributed by atoms with E-state index in [0.717, 1.165) is 0 Å². The molecule has 1 aromatic carbocycles. The van der Waals surface area contributed by atoms with E-state index in [2.05, 4.69) is 4.98 Å². The average molecular weight is 274 g/mol. The summed E-state index contributed by atoms with van der Waals surface area (Å²) < 4.78 is 4.99. The van der Waals surface area contributed by atoms with Gasteiger partial charge in [-0.1, -0.05) is 23.7 Å². The van der Waals surface area contributed by atoms with Crippen molar-refractivity contribution in [3.05, 3.63) is 53.4 Å². The summed E-state index contributed by atoms with van der Waals surface area (Å²) in [6, 6.07) is 8.32. The van der Waals surface area contributed by atoms with E-state index in [-0.39, 0.29) is 5.56 Å². The molecule has 0 spiro atoms. The van der Waals surface area contributed by atoms with Gasteiger partial charge < -0.3 is 9.52 Å². The predicted molar refractivity (Wildman–Crippen MR) is 71.4 cm³/mol. The number of carboxylic acids is 1. The first kappa shape index (κ1) is 11.7. The van der Waals surface area contributed by atoms with Gasteiger partial charge in [0, 0.05) is 10.9 Å². The van der Waals surface area contributed by atoms with Crippen molar-refractivity contribution in [2.45, 2.75) is 0 Å². The molecule has 19 heavy (non-hydrogen) atoms. The third-order valence-electron chi connectivity index (χ3n) is 2.84. The third-order valence-corrected chi connectivity index (χ3v) is 3.14. The number of fused-ring (bicyclic) bond motifs is 1. The number of hydrogen-bond acceptors (Lipinski definition) is 3. The summed E-state index contributed by atoms with van der Waals surface area (Å²) in [5.74, 6) is -1.01. The van der Waals surface area contributed by atoms with E-state index in [4.69, 9.17) is 16.0 Å². The van der Waals surface area contributed by atoms with Crippen molar-refractivity contribution in [1.29, 1.82) is 0 Å². The molecular weight excluding hydrogens is 266 g/mol. The van der Waals surface area contributed by atoms with Gasteiger partial charge in [0.15, 0.2) is 0 Å². The monoisotopic (exact) mass is 273 g/mol. The molecule has 0 saturated carbocycles. The smallest absolute Gasteiger partial charge is 0.336 e. The number of aromatic nitrogens is 1. The first-order chi connectivity index (χ1) is 9.16. The number of halogens is 1. The fourth-order valence-corrected chi connectivity index (χ4v) is 2.17. The number of para-hydroxylation sites is 1. The summed E-state index contributed by atoms with van der Waals surface area (Å²) in [5.41, 5.74) is 1.88. The molecule has 0 amide bonds. The fourth-order valence-electron chi connectivity index (χ4n) is 1.95. The van der Waals surface area contributed by atoms with Crippen molar-refractivity contribution in [3.8, 4) is 11.3 Å². The molecule has 94 valence electrons. The lowest BCUT2D eigenvalue weighted by atomic mass is 10.1. The van der Waals surface area contributed by atoms with Crippen LogP contribution >= 0.6 is 11.6 Å². The maximum Gasteiger partial charge on any atom is 0.336 e. The highest BCUT2D eigenvalue weighted by molar-refractivity contribution is 6.35. The molecule has 0 aliphatic rings. The molecule has 3 rings (SSSR count). The Bertz CT molecular complexity index is 766. The summed E-state index contributed by atoms with van der Waals surface area (Å²) in [6.07, 6.45) is 3.02. The number of aromatic carboxylic acids is 1. The van der Waals surface area contributed by atoms with Gasteiger partial charge in [0.25, 0.3) is 0 Å². The van der Waals surface area contributed by atoms with Gasteiger partial charge >= 0.3 is 5.97 Å². The maximum absolute atomic E-state index is 11.4. The Hall–Kier alpha value is -2.33. The van der Waals surface area contributed by atoms with E-state index in [9.17, 15) is 9.90 Å². The van der Waals surface area contributed by atoms with Gasteiger partial charge in [0.2, 0.25) is 0 Å². The van der Waals surface area contributed by atoms with Crippen LogP contribution in [0.5, 0.6) is 0 Å². The molecule has 0 fully saturated rings. The molecule has 0 atom stereocenters. The van der Waals surface area contributed by atoms with E-state index in [1.807, 2.05) is 0 Å². The average Bonchev–Trinajstić information content (AvgIpc) is 2.92. The van der Waals surface area contributed by atoms with Crippen LogP contribution in [-0.4, -0.2) is 16.1 Å². The lowest BCUT2D eigenvalue weighted by Crippen LogP contribution is -2.00. The second-order valence-electron chi connectivity index (χ2n) is 4.01. The molecule has 3 aromatic rings. The zero-order valence-corrected chi connectivity index (χ0v) is 10.4. The molecule has 0 radical (unpaired) electrons. The minimum atomic E-state index is -1.01. The molecule has 2 aromatic heterocycles. The van der Waals surface area contributed by atoms with Gasteiger partial charge in [-0.2, -0.15) is 0 Å². The van der Waals surface area contributed by atoms with Crippen LogP contribution in [0, 0.1) is 0 Å². The normalized spacial score (nSPS) is 10.8. The molecule has 0 saturated heterocycles. The standard InChI is InChI=1S/C14H8ClNO3/c15-11-3-1-2-9-10(14(17)18)6-12(16-13(9)11)8-4-5-19-7-8/h1-7H,(H,17,18). The van der Waals surface area contributed by atoms with Gasteiger partial charge in [0.05, 0.1) is 34.3 Å². The number of rotatable bonds is 2. The first-order valence-corrected chi connectivity index (χ1v) is 5.90. The predicted octanol–water partition coefficient (Wildman–Crippen LogP) is 3.85. The van der Waals surface area contributed by atoms with E-state index in [1.54, 1.807) is 24.3 Å². The van der Waals surface area contributed by atoms with Crippen LogP contribution in [0.3, 0.4) is 0 Å². The summed E-state index contributed by atoms with van der Waals surface area (Å²) in [6.45, 7) is 0. The zero-order valence-electron chi connectivity index (χ0n) is 9.63. The number of carbonyl (C=O) groups is 1. The van der Waals surface area contributed by atoms with Gasteiger partial charge in [-0.05, 0) is 18.2 Å². The first-order valence-electron chi connectivity index (χ1n) is 5.52. The molecule has 2 heterocycles. The van der Waals surface area contributed by atoms with Crippen LogP contribution in [0.15, 0.2) is 47.3 Å². The minimum absolute atomic E-state index is 0.170. The lowest BCUT2D eigenvalue weighted by Gasteiger charge is -2.06. The van der Waals surface area contributed by atoms with Crippen molar-refractivity contribution >= 4 is 28.5 Å². The van der Waals surface area contributed by atoms with Crippen LogP contribution in [0.1, 0.15) is 10.4 Å². The SMILES string of the molecule is O=C(O)c1cc(-c2ccoc2)nc2c(Cl)cccc12. The molecule has 1 N–H and O–H groups in total. The Kier molecular flexibility index (Phi) is 2.72. The van der Waals surface area contributed by atoms with Crippen LogP contribution in [0.2, 0.25) is 5.02 Å². The van der Waals surface area contributed by atoms with Crippen LogP contribution in [-0.2, 0) is 0 Å². The third kappa shape index (κ3) is 1.96. The number of benzene rings is 1. The summed E-state index contributed by atoms with van der Waals surface area (Å²) >= 11 is 6.09. The summed E-state index contributed by atoms with van der Waals surface area (Å²) in [5, 5.41) is 10.2. The Balaban J connectivity index is 2.38. The molecule has 4 nitrogen and oxygen atoms in total. The van der Waals surface area contributed by atoms with Gasteiger partial charge in [-0.15, -0.1) is 0 Å². The summed E-state index contributed by atoms with van der Waals surface area (Å²) in [4.78, 5) is 15.8. The lowest BCUT2D eigenvalue weighted by molar-refractivity contribution is 0.0699. The van der Waals surface area contributed by atoms with Crippen molar-refractivity contribution < 1.29 is 14.3 Å². The summed E-state index contributed by atoms with van der Waals surface area (Å²) in [7, 11) is 0. The second kappa shape index (κ2) is 4.40. The van der Waals surface area contributed by atoms with Crippen LogP contribution < -0.4 is 0 Å². The second-order valence-corrected chi connectivity index (χ2v) is 4.42. The molecular formula is C14H8ClNO3. The Labute approximate surface area is 113 Å². The Morgan fingerprint density at radius 1 is 1.32 bits per heavy atom. The van der Waals surface area contributed by atoms with E-state index >= 15 is 0 Å². The van der Waals surface area contributed by atoms with Gasteiger partial charge in [-0.25, -0.2) is 9.78 Å². The van der Waals surface area contributed by atoms with Crippen molar-refractivity contribution in [3.63, 3.8) is 0 Å². The van der Waals surface area contributed by atoms with Crippen molar-refractivity contribution in [1.82, 2.24) is 4.98 Å². The van der Waals surface area contributed by atoms with E-state index in [0.29, 0.717) is 27.2 Å². The highest BCUT2D eigenvalue weighted by Crippen LogP contribution is 2.29. The Morgan fingerprint density at radius 3 is 2.84 bits per heavy atom. The Morgan fingerprint density at radius 2 is 2.16 bits per heavy atom. The number of nitrogens with zero attached hydrogens (tertiary/aromatic N) is 1. The van der Waals surface area contributed by atoms with Crippen LogP contribution in [0.4, 0.5) is 0 Å². The molecule has 0 aliphatic heterocycles. The number of furan rings is 1. The number of carboxylic acid groups (broad SMARTS) is 1. The van der Waals surface area contributed by atoms with E-state index < -0.39 is 5.97 Å². The highest BCUT2D eigenvalue weighted by Gasteiger charge is 2.14. The highest BCUT2D eigenvalue weighted by atomic mass is 35.5. The number of hydrogen-bond donors (Lipinski definition) is 1. The van der Waals surface area contributed by atoms with Crippen molar-refractivity contribution in [2.24, 2.45) is 0 Å². The molecule has 5 heteroatoms. The molecule has 0 unspecified atom stereocenters.